The van der Waals surface area contributed by atoms with Gasteiger partial charge in [0.1, 0.15) is 5.75 Å². The molecule has 0 heterocycles. The Kier molecular flexibility index (Phi) is 2.06. The minimum absolute atomic E-state index is 0.0544. The Morgan fingerprint density at radius 1 is 1.47 bits per heavy atom. The first kappa shape index (κ1) is 6.59. The molecule has 1 aliphatic carbocycles. The van der Waals surface area contributed by atoms with Crippen molar-refractivity contribution in [2.75, 3.05) is 27.5 Å². The number of rotatable bonds is 4. The van der Waals surface area contributed by atoms with Crippen molar-refractivity contribution in [2.45, 2.75) is 31.3 Å². The summed E-state index contributed by atoms with van der Waals surface area (Å²) in [7, 11) is -2.65. The number of hydrogen-bond acceptors (Lipinski definition) is 3. The van der Waals surface area contributed by atoms with Gasteiger partial charge in [-0.25, -0.2) is 0 Å². The van der Waals surface area contributed by atoms with Gasteiger partial charge in [0.15, 0.2) is 0 Å². The smallest absolute Gasteiger partial charge is 0.119 e. The first-order valence-electron chi connectivity index (χ1n) is 10.9. The van der Waals surface area contributed by atoms with Crippen LogP contribution in [0.1, 0.15) is 43.6 Å². The number of methoxy groups -OCH3 is 1. The van der Waals surface area contributed by atoms with Crippen LogP contribution in [-0.2, 0) is 5.60 Å². The zero-order valence-electron chi connectivity index (χ0n) is 19.7. The molecule has 3 heteroatoms. The van der Waals surface area contributed by atoms with Crippen LogP contribution in [0.4, 0.5) is 0 Å². The van der Waals surface area contributed by atoms with E-state index in [1.165, 1.54) is 12.1 Å². The van der Waals surface area contributed by atoms with Crippen LogP contribution in [0.3, 0.4) is 0 Å². The Bertz CT molecular complexity index is 657. The summed E-state index contributed by atoms with van der Waals surface area (Å²) in [6.07, 6.45) is 2.17. The summed E-state index contributed by atoms with van der Waals surface area (Å²) < 4.78 is 71.9. The van der Waals surface area contributed by atoms with E-state index in [4.69, 9.17) is 17.1 Å². The SMILES string of the molecule is [2H]C([2H])([2H])Oc1cccc([C@]2(O)CCCC[C@H]2CN(C([2H])([2H])[2H])C([2H])([2H])[2H])c1. The molecule has 1 aromatic carbocycles. The topological polar surface area (TPSA) is 32.7 Å². The highest BCUT2D eigenvalue weighted by atomic mass is 16.5. The molecule has 106 valence electrons. The average Bonchev–Trinajstić information content (AvgIpc) is 2.50. The molecule has 0 spiro atoms. The molecule has 1 fully saturated rings. The lowest BCUT2D eigenvalue weighted by molar-refractivity contribution is -0.0619. The van der Waals surface area contributed by atoms with E-state index in [9.17, 15) is 5.11 Å². The molecule has 2 atom stereocenters. The number of benzene rings is 1. The van der Waals surface area contributed by atoms with E-state index in [1.807, 2.05) is 0 Å². The highest BCUT2D eigenvalue weighted by Gasteiger charge is 2.40. The van der Waals surface area contributed by atoms with Crippen LogP contribution >= 0.6 is 0 Å². The summed E-state index contributed by atoms with van der Waals surface area (Å²) in [6.45, 7) is -6.01. The van der Waals surface area contributed by atoms with Crippen molar-refractivity contribution in [3.05, 3.63) is 29.8 Å². The second-order valence-corrected chi connectivity index (χ2v) is 5.11. The third-order valence-corrected chi connectivity index (χ3v) is 3.89. The Labute approximate surface area is 128 Å². The minimum Gasteiger partial charge on any atom is -0.497 e. The van der Waals surface area contributed by atoms with Crippen molar-refractivity contribution in [1.82, 2.24) is 4.90 Å². The van der Waals surface area contributed by atoms with Crippen LogP contribution in [0, 0.1) is 5.92 Å². The number of hydrogen-bond donors (Lipinski definition) is 1. The monoisotopic (exact) mass is 272 g/mol. The second kappa shape index (κ2) is 5.93. The fourth-order valence-corrected chi connectivity index (χ4v) is 2.90. The lowest BCUT2D eigenvalue weighted by Crippen LogP contribution is -2.43. The van der Waals surface area contributed by atoms with E-state index in [2.05, 4.69) is 0 Å². The normalized spacial score (nSPS) is 36.5. The van der Waals surface area contributed by atoms with Gasteiger partial charge in [-0.2, -0.15) is 0 Å². The van der Waals surface area contributed by atoms with Crippen molar-refractivity contribution in [2.24, 2.45) is 5.92 Å². The van der Waals surface area contributed by atoms with Gasteiger partial charge in [0, 0.05) is 20.7 Å². The van der Waals surface area contributed by atoms with E-state index >= 15 is 0 Å². The van der Waals surface area contributed by atoms with Crippen LogP contribution in [0.25, 0.3) is 0 Å². The van der Waals surface area contributed by atoms with Gasteiger partial charge in [-0.3, -0.25) is 0 Å². The molecule has 0 bridgehead atoms. The first-order valence-corrected chi connectivity index (χ1v) is 6.43. The Morgan fingerprint density at radius 2 is 2.37 bits per heavy atom. The Morgan fingerprint density at radius 3 is 3.16 bits per heavy atom. The van der Waals surface area contributed by atoms with Gasteiger partial charge in [0.25, 0.3) is 0 Å². The molecule has 0 amide bonds. The molecule has 0 unspecified atom stereocenters. The van der Waals surface area contributed by atoms with E-state index in [0.29, 0.717) is 29.7 Å². The van der Waals surface area contributed by atoms with Crippen molar-refractivity contribution < 1.29 is 22.2 Å². The third kappa shape index (κ3) is 3.10. The number of aliphatic hydroxyl groups is 1. The molecule has 3 nitrogen and oxygen atoms in total. The maximum Gasteiger partial charge on any atom is 0.119 e. The molecule has 0 aliphatic heterocycles. The quantitative estimate of drug-likeness (QED) is 0.914. The van der Waals surface area contributed by atoms with Crippen molar-refractivity contribution in [3.8, 4) is 5.75 Å². The third-order valence-electron chi connectivity index (χ3n) is 3.89. The highest BCUT2D eigenvalue weighted by Crippen LogP contribution is 2.42. The zero-order chi connectivity index (χ0) is 21.4. The van der Waals surface area contributed by atoms with Crippen molar-refractivity contribution in [3.63, 3.8) is 0 Å². The summed E-state index contributed by atoms with van der Waals surface area (Å²) in [6, 6.07) is 6.03. The summed E-state index contributed by atoms with van der Waals surface area (Å²) in [5.41, 5.74) is -1.10. The predicted molar refractivity (Wildman–Crippen MR) is 77.4 cm³/mol. The van der Waals surface area contributed by atoms with E-state index in [-0.39, 0.29) is 12.3 Å². The van der Waals surface area contributed by atoms with Gasteiger partial charge in [-0.15, -0.1) is 0 Å². The molecule has 0 saturated heterocycles. The molecular formula is C16H25NO2. The molecule has 19 heavy (non-hydrogen) atoms. The Hall–Kier alpha value is -1.06. The number of ether oxygens (including phenoxy) is 1. The summed E-state index contributed by atoms with van der Waals surface area (Å²) in [5, 5.41) is 11.4. The van der Waals surface area contributed by atoms with E-state index in [1.54, 1.807) is 12.1 Å². The lowest BCUT2D eigenvalue weighted by atomic mass is 9.71. The maximum atomic E-state index is 11.4. The van der Waals surface area contributed by atoms with Gasteiger partial charge in [0.2, 0.25) is 0 Å². The van der Waals surface area contributed by atoms with Gasteiger partial charge < -0.3 is 14.7 Å². The first-order chi connectivity index (χ1) is 12.6. The van der Waals surface area contributed by atoms with E-state index < -0.39 is 32.5 Å². The van der Waals surface area contributed by atoms with Gasteiger partial charge in [-0.1, -0.05) is 25.0 Å². The van der Waals surface area contributed by atoms with Crippen molar-refractivity contribution >= 4 is 0 Å². The second-order valence-electron chi connectivity index (χ2n) is 5.11. The summed E-state index contributed by atoms with van der Waals surface area (Å²) >= 11 is 0. The fraction of sp³-hybridized carbons (Fsp3) is 0.625. The van der Waals surface area contributed by atoms with Crippen LogP contribution in [0.2, 0.25) is 0 Å². The van der Waals surface area contributed by atoms with Crippen LogP contribution in [0.5, 0.6) is 5.75 Å². The lowest BCUT2D eigenvalue weighted by Gasteiger charge is -2.41. The standard InChI is InChI=1S/C16H25NO2/c1-17(2)12-14-7-4-5-10-16(14,18)13-8-6-9-15(11-13)19-3/h6,8-9,11,14,18H,4-5,7,10,12H2,1-3H3/t14-,16+/m0/s1/i1D3,2D3,3D3. The van der Waals surface area contributed by atoms with E-state index in [0.717, 1.165) is 6.42 Å². The number of nitrogens with zero attached hydrogens (tertiary/aromatic N) is 1. The molecule has 1 saturated carbocycles. The molecule has 1 aromatic rings. The highest BCUT2D eigenvalue weighted by molar-refractivity contribution is 5.33. The van der Waals surface area contributed by atoms with Crippen LogP contribution < -0.4 is 4.74 Å². The van der Waals surface area contributed by atoms with Crippen molar-refractivity contribution in [1.29, 1.82) is 0 Å². The van der Waals surface area contributed by atoms with Crippen LogP contribution in [0.15, 0.2) is 24.3 Å². The summed E-state index contributed by atoms with van der Waals surface area (Å²) in [4.78, 5) is 0.462. The molecule has 1 aliphatic rings. The Balaban J connectivity index is 2.36. The molecule has 2 rings (SSSR count). The average molecular weight is 272 g/mol. The van der Waals surface area contributed by atoms with Gasteiger partial charge in [0.05, 0.1) is 16.8 Å². The predicted octanol–water partition coefficient (Wildman–Crippen LogP) is 2.63. The zero-order valence-corrected chi connectivity index (χ0v) is 10.7. The fourth-order valence-electron chi connectivity index (χ4n) is 2.90. The molecule has 0 radical (unpaired) electrons. The molecule has 0 aromatic heterocycles. The molecule has 1 N–H and O–H groups in total. The largest absolute Gasteiger partial charge is 0.497 e. The van der Waals surface area contributed by atoms with Gasteiger partial charge in [-0.05, 0) is 44.5 Å². The van der Waals surface area contributed by atoms with Crippen LogP contribution in [-0.4, -0.2) is 37.5 Å². The molecular weight excluding hydrogens is 238 g/mol. The minimum atomic E-state index is -2.84. The maximum absolute atomic E-state index is 11.4. The summed E-state index contributed by atoms with van der Waals surface area (Å²) in [5.74, 6) is -0.594. The van der Waals surface area contributed by atoms with Gasteiger partial charge >= 0.3 is 0 Å².